The highest BCUT2D eigenvalue weighted by atomic mass is 32.2. The van der Waals surface area contributed by atoms with Gasteiger partial charge in [-0.3, -0.25) is 4.79 Å². The van der Waals surface area contributed by atoms with Crippen LogP contribution in [0.5, 0.6) is 5.75 Å². The first-order chi connectivity index (χ1) is 8.89. The predicted molar refractivity (Wildman–Crippen MR) is 69.1 cm³/mol. The summed E-state index contributed by atoms with van der Waals surface area (Å²) in [6.45, 7) is 2.03. The van der Waals surface area contributed by atoms with Gasteiger partial charge in [-0.25, -0.2) is 8.42 Å². The molecule has 1 heterocycles. The van der Waals surface area contributed by atoms with Crippen LogP contribution in [0.25, 0.3) is 0 Å². The lowest BCUT2D eigenvalue weighted by Gasteiger charge is -2.17. The van der Waals surface area contributed by atoms with E-state index in [1.807, 2.05) is 0 Å². The van der Waals surface area contributed by atoms with Gasteiger partial charge in [0.1, 0.15) is 5.75 Å². The van der Waals surface area contributed by atoms with Crippen molar-refractivity contribution in [2.24, 2.45) is 0 Å². The lowest BCUT2D eigenvalue weighted by Crippen LogP contribution is -2.37. The first kappa shape index (κ1) is 13.8. The van der Waals surface area contributed by atoms with Gasteiger partial charge in [-0.15, -0.1) is 0 Å². The van der Waals surface area contributed by atoms with Crippen molar-refractivity contribution in [3.8, 4) is 5.75 Å². The zero-order chi connectivity index (χ0) is 14.0. The maximum absolute atomic E-state index is 12.3. The van der Waals surface area contributed by atoms with Gasteiger partial charge in [0.15, 0.2) is 0 Å². The van der Waals surface area contributed by atoms with Crippen molar-refractivity contribution < 1.29 is 18.3 Å². The Labute approximate surface area is 112 Å². The van der Waals surface area contributed by atoms with E-state index in [0.717, 1.165) is 0 Å². The summed E-state index contributed by atoms with van der Waals surface area (Å²) in [6.07, 6.45) is 0.595. The van der Waals surface area contributed by atoms with E-state index in [1.165, 1.54) is 35.5 Å². The van der Waals surface area contributed by atoms with Crippen molar-refractivity contribution in [3.05, 3.63) is 24.3 Å². The van der Waals surface area contributed by atoms with Crippen molar-refractivity contribution >= 4 is 15.9 Å². The van der Waals surface area contributed by atoms with E-state index in [1.54, 1.807) is 0 Å². The summed E-state index contributed by atoms with van der Waals surface area (Å²) >= 11 is 0. The molecule has 0 bridgehead atoms. The van der Waals surface area contributed by atoms with Gasteiger partial charge in [-0.05, 0) is 24.6 Å². The molecule has 1 aromatic carbocycles. The average Bonchev–Trinajstić information content (AvgIpc) is 2.77. The van der Waals surface area contributed by atoms with Gasteiger partial charge in [0.2, 0.25) is 15.9 Å². The fourth-order valence-electron chi connectivity index (χ4n) is 2.14. The van der Waals surface area contributed by atoms with Crippen molar-refractivity contribution in [1.29, 1.82) is 0 Å². The number of hydrogen-bond acceptors (Lipinski definition) is 4. The van der Waals surface area contributed by atoms with Gasteiger partial charge in [0.05, 0.1) is 4.90 Å². The molecule has 1 amide bonds. The SMILES string of the molecule is CC(=O)NC1CCN(S(=O)(=O)c2cccc(O)c2)C1. The number of aromatic hydroxyl groups is 1. The first-order valence-electron chi connectivity index (χ1n) is 5.96. The summed E-state index contributed by atoms with van der Waals surface area (Å²) in [6, 6.07) is 5.43. The Hall–Kier alpha value is -1.60. The molecule has 1 unspecified atom stereocenters. The third-order valence-corrected chi connectivity index (χ3v) is 4.87. The number of carbonyl (C=O) groups is 1. The van der Waals surface area contributed by atoms with Gasteiger partial charge in [0.25, 0.3) is 0 Å². The number of sulfonamides is 1. The molecule has 1 fully saturated rings. The first-order valence-corrected chi connectivity index (χ1v) is 7.40. The Morgan fingerprint density at radius 3 is 2.84 bits per heavy atom. The van der Waals surface area contributed by atoms with Crippen molar-refractivity contribution in [3.63, 3.8) is 0 Å². The van der Waals surface area contributed by atoms with E-state index < -0.39 is 10.0 Å². The molecule has 2 N–H and O–H groups in total. The van der Waals surface area contributed by atoms with E-state index in [0.29, 0.717) is 13.0 Å². The number of phenolic OH excluding ortho intramolecular Hbond substituents is 1. The second-order valence-electron chi connectivity index (χ2n) is 4.55. The van der Waals surface area contributed by atoms with Crippen LogP contribution in [0.1, 0.15) is 13.3 Å². The molecule has 19 heavy (non-hydrogen) atoms. The molecule has 1 saturated heterocycles. The maximum atomic E-state index is 12.3. The Morgan fingerprint density at radius 1 is 1.47 bits per heavy atom. The largest absolute Gasteiger partial charge is 0.508 e. The van der Waals surface area contributed by atoms with E-state index in [9.17, 15) is 18.3 Å². The Bertz CT molecular complexity index is 585. The predicted octanol–water partition coefficient (Wildman–Crippen LogP) is 0.291. The molecule has 1 aliphatic heterocycles. The number of amides is 1. The minimum atomic E-state index is -3.61. The molecule has 2 rings (SSSR count). The second-order valence-corrected chi connectivity index (χ2v) is 6.48. The van der Waals surface area contributed by atoms with Crippen LogP contribution in [-0.4, -0.2) is 42.9 Å². The lowest BCUT2D eigenvalue weighted by molar-refractivity contribution is -0.119. The normalized spacial score (nSPS) is 20.4. The second kappa shape index (κ2) is 5.18. The third-order valence-electron chi connectivity index (χ3n) is 3.01. The Kier molecular flexibility index (Phi) is 3.77. The number of rotatable bonds is 3. The fourth-order valence-corrected chi connectivity index (χ4v) is 3.69. The molecule has 1 aliphatic rings. The van der Waals surface area contributed by atoms with Crippen LogP contribution in [0.4, 0.5) is 0 Å². The molecule has 0 aromatic heterocycles. The molecule has 0 spiro atoms. The van der Waals surface area contributed by atoms with Crippen molar-refractivity contribution in [1.82, 2.24) is 9.62 Å². The maximum Gasteiger partial charge on any atom is 0.243 e. The minimum Gasteiger partial charge on any atom is -0.508 e. The van der Waals surface area contributed by atoms with Crippen LogP contribution in [0.15, 0.2) is 29.2 Å². The van der Waals surface area contributed by atoms with Crippen molar-refractivity contribution in [2.75, 3.05) is 13.1 Å². The number of benzene rings is 1. The molecule has 6 nitrogen and oxygen atoms in total. The number of hydrogen-bond donors (Lipinski definition) is 2. The molecule has 0 radical (unpaired) electrons. The quantitative estimate of drug-likeness (QED) is 0.835. The van der Waals surface area contributed by atoms with Crippen LogP contribution < -0.4 is 5.32 Å². The molecule has 0 saturated carbocycles. The molecule has 1 aromatic rings. The highest BCUT2D eigenvalue weighted by molar-refractivity contribution is 7.89. The number of nitrogens with one attached hydrogen (secondary N) is 1. The third kappa shape index (κ3) is 3.05. The van der Waals surface area contributed by atoms with Crippen LogP contribution in [0.2, 0.25) is 0 Å². The smallest absolute Gasteiger partial charge is 0.243 e. The monoisotopic (exact) mass is 284 g/mol. The molecule has 104 valence electrons. The van der Waals surface area contributed by atoms with Crippen molar-refractivity contribution in [2.45, 2.75) is 24.3 Å². The zero-order valence-electron chi connectivity index (χ0n) is 10.5. The van der Waals surface area contributed by atoms with Crippen LogP contribution in [0, 0.1) is 0 Å². The molecule has 0 aliphatic carbocycles. The number of carbonyl (C=O) groups excluding carboxylic acids is 1. The molecular weight excluding hydrogens is 268 g/mol. The standard InChI is InChI=1S/C12H16N2O4S/c1-9(15)13-10-5-6-14(8-10)19(17,18)12-4-2-3-11(16)7-12/h2-4,7,10,16H,5-6,8H2,1H3,(H,13,15). The Morgan fingerprint density at radius 2 is 2.21 bits per heavy atom. The average molecular weight is 284 g/mol. The number of phenols is 1. The number of nitrogens with zero attached hydrogens (tertiary/aromatic N) is 1. The molecular formula is C12H16N2O4S. The van der Waals surface area contributed by atoms with E-state index in [-0.39, 0.29) is 29.1 Å². The van der Waals surface area contributed by atoms with Gasteiger partial charge >= 0.3 is 0 Å². The van der Waals surface area contributed by atoms with Crippen LogP contribution >= 0.6 is 0 Å². The van der Waals surface area contributed by atoms with E-state index in [4.69, 9.17) is 0 Å². The molecule has 7 heteroatoms. The van der Waals surface area contributed by atoms with Gasteiger partial charge in [-0.2, -0.15) is 4.31 Å². The lowest BCUT2D eigenvalue weighted by atomic mass is 10.3. The fraction of sp³-hybridized carbons (Fsp3) is 0.417. The van der Waals surface area contributed by atoms with Crippen LogP contribution in [-0.2, 0) is 14.8 Å². The summed E-state index contributed by atoms with van der Waals surface area (Å²) in [5.74, 6) is -0.250. The summed E-state index contributed by atoms with van der Waals surface area (Å²) in [4.78, 5) is 11.0. The van der Waals surface area contributed by atoms with E-state index in [2.05, 4.69) is 5.32 Å². The molecule has 1 atom stereocenters. The summed E-state index contributed by atoms with van der Waals surface area (Å²) in [5, 5.41) is 12.1. The van der Waals surface area contributed by atoms with Gasteiger partial charge < -0.3 is 10.4 Å². The zero-order valence-corrected chi connectivity index (χ0v) is 11.4. The highest BCUT2D eigenvalue weighted by Gasteiger charge is 2.32. The summed E-state index contributed by atoms with van der Waals surface area (Å²) in [5.41, 5.74) is 0. The Balaban J connectivity index is 2.16. The summed E-state index contributed by atoms with van der Waals surface area (Å²) < 4.78 is 26.0. The topological polar surface area (TPSA) is 86.7 Å². The van der Waals surface area contributed by atoms with Gasteiger partial charge in [-0.1, -0.05) is 6.07 Å². The minimum absolute atomic E-state index is 0.0657. The van der Waals surface area contributed by atoms with Gasteiger partial charge in [0, 0.05) is 26.1 Å². The highest BCUT2D eigenvalue weighted by Crippen LogP contribution is 2.23. The van der Waals surface area contributed by atoms with E-state index >= 15 is 0 Å². The summed E-state index contributed by atoms with van der Waals surface area (Å²) in [7, 11) is -3.61. The van der Waals surface area contributed by atoms with Crippen LogP contribution in [0.3, 0.4) is 0 Å².